The van der Waals surface area contributed by atoms with Crippen LogP contribution in [0.1, 0.15) is 28.3 Å². The van der Waals surface area contributed by atoms with Gasteiger partial charge in [-0.25, -0.2) is 12.7 Å². The Morgan fingerprint density at radius 1 is 1.15 bits per heavy atom. The molecule has 0 aromatic heterocycles. The number of hydrogen-bond donors (Lipinski definition) is 1. The molecule has 0 radical (unpaired) electrons. The second-order valence-corrected chi connectivity index (χ2v) is 8.61. The largest absolute Gasteiger partial charge is 0.495 e. The van der Waals surface area contributed by atoms with Gasteiger partial charge in [0.2, 0.25) is 10.0 Å². The fourth-order valence-corrected chi connectivity index (χ4v) is 3.97. The molecule has 2 aromatic rings. The molecule has 0 spiro atoms. The highest BCUT2D eigenvalue weighted by Gasteiger charge is 2.39. The van der Waals surface area contributed by atoms with Gasteiger partial charge in [-0.2, -0.15) is 0 Å². The van der Waals surface area contributed by atoms with E-state index >= 15 is 0 Å². The lowest BCUT2D eigenvalue weighted by atomic mass is 10.1. The first-order valence-corrected chi connectivity index (χ1v) is 9.75. The number of nitrogens with one attached hydrogen (secondary N) is 1. The third-order valence-corrected chi connectivity index (χ3v) is 6.36. The topological polar surface area (TPSA) is 75.7 Å². The molecule has 0 saturated heterocycles. The normalized spacial score (nSPS) is 19.2. The Bertz CT molecular complexity index is 910. The average Bonchev–Trinajstić information content (AvgIpc) is 3.40. The van der Waals surface area contributed by atoms with Crippen LogP contribution in [-0.4, -0.2) is 45.9 Å². The van der Waals surface area contributed by atoms with Gasteiger partial charge in [0.05, 0.1) is 7.11 Å². The molecule has 1 amide bonds. The molecule has 1 fully saturated rings. The lowest BCUT2D eigenvalue weighted by Gasteiger charge is -2.15. The molecular weight excluding hydrogens is 352 g/mol. The molecule has 2 aromatic carbocycles. The molecule has 0 heterocycles. The van der Waals surface area contributed by atoms with Crippen LogP contribution in [0.15, 0.2) is 53.4 Å². The first-order valence-electron chi connectivity index (χ1n) is 8.31. The summed E-state index contributed by atoms with van der Waals surface area (Å²) in [5, 5.41) is 2.98. The molecule has 0 aliphatic heterocycles. The number of benzene rings is 2. The Hall–Kier alpha value is -2.38. The third-order valence-electron chi connectivity index (χ3n) is 4.52. The van der Waals surface area contributed by atoms with E-state index in [9.17, 15) is 13.2 Å². The first-order chi connectivity index (χ1) is 12.3. The molecule has 3 rings (SSSR count). The molecule has 26 heavy (non-hydrogen) atoms. The van der Waals surface area contributed by atoms with E-state index in [4.69, 9.17) is 4.74 Å². The second-order valence-electron chi connectivity index (χ2n) is 6.49. The van der Waals surface area contributed by atoms with Gasteiger partial charge in [-0.05, 0) is 30.2 Å². The number of ether oxygens (including phenoxy) is 1. The standard InChI is InChI=1S/C19H22N2O4S/c1-21(2)26(23,24)18-11-14(9-10-17(18)25-3)19(22)20-16-12-15(16)13-7-5-4-6-8-13/h4-11,15-16H,12H2,1-3H3,(H,20,22)/t15-,16+/m0/s1. The fraction of sp³-hybridized carbons (Fsp3) is 0.316. The maximum Gasteiger partial charge on any atom is 0.251 e. The predicted octanol–water partition coefficient (Wildman–Crippen LogP) is 2.23. The molecule has 1 saturated carbocycles. The van der Waals surface area contributed by atoms with Crippen LogP contribution < -0.4 is 10.1 Å². The lowest BCUT2D eigenvalue weighted by molar-refractivity contribution is 0.0950. The van der Waals surface area contributed by atoms with Crippen molar-refractivity contribution in [3.63, 3.8) is 0 Å². The molecule has 7 heteroatoms. The number of sulfonamides is 1. The maximum atomic E-state index is 12.6. The first kappa shape index (κ1) is 18.4. The van der Waals surface area contributed by atoms with E-state index in [2.05, 4.69) is 5.32 Å². The number of rotatable bonds is 6. The van der Waals surface area contributed by atoms with E-state index < -0.39 is 10.0 Å². The molecular formula is C19H22N2O4S. The summed E-state index contributed by atoms with van der Waals surface area (Å²) in [5.41, 5.74) is 1.49. The molecule has 1 N–H and O–H groups in total. The minimum absolute atomic E-state index is 0.0203. The lowest BCUT2D eigenvalue weighted by Crippen LogP contribution is -2.27. The number of methoxy groups -OCH3 is 1. The van der Waals surface area contributed by atoms with E-state index in [0.717, 1.165) is 10.7 Å². The zero-order valence-electron chi connectivity index (χ0n) is 15.0. The van der Waals surface area contributed by atoms with E-state index in [-0.39, 0.29) is 22.6 Å². The van der Waals surface area contributed by atoms with Crippen LogP contribution in [0.5, 0.6) is 5.75 Å². The molecule has 1 aliphatic carbocycles. The summed E-state index contributed by atoms with van der Waals surface area (Å²) in [4.78, 5) is 12.5. The minimum atomic E-state index is -3.71. The summed E-state index contributed by atoms with van der Waals surface area (Å²) in [6.07, 6.45) is 0.884. The van der Waals surface area contributed by atoms with E-state index in [1.807, 2.05) is 30.3 Å². The van der Waals surface area contributed by atoms with Crippen LogP contribution in [0.2, 0.25) is 0 Å². The summed E-state index contributed by atoms with van der Waals surface area (Å²) in [7, 11) is 0.569. The van der Waals surface area contributed by atoms with Crippen molar-refractivity contribution in [3.05, 3.63) is 59.7 Å². The molecule has 2 atom stereocenters. The highest BCUT2D eigenvalue weighted by atomic mass is 32.2. The maximum absolute atomic E-state index is 12.6. The zero-order valence-corrected chi connectivity index (χ0v) is 15.8. The smallest absolute Gasteiger partial charge is 0.251 e. The second kappa shape index (κ2) is 7.09. The highest BCUT2D eigenvalue weighted by molar-refractivity contribution is 7.89. The fourth-order valence-electron chi connectivity index (χ4n) is 2.89. The molecule has 0 unspecified atom stereocenters. The van der Waals surface area contributed by atoms with Crippen LogP contribution in [-0.2, 0) is 10.0 Å². The van der Waals surface area contributed by atoms with Gasteiger partial charge in [-0.1, -0.05) is 30.3 Å². The van der Waals surface area contributed by atoms with Gasteiger partial charge in [-0.3, -0.25) is 4.79 Å². The van der Waals surface area contributed by atoms with Crippen LogP contribution >= 0.6 is 0 Å². The van der Waals surface area contributed by atoms with Gasteiger partial charge in [0.25, 0.3) is 5.91 Å². The van der Waals surface area contributed by atoms with Crippen molar-refractivity contribution >= 4 is 15.9 Å². The van der Waals surface area contributed by atoms with E-state index in [1.165, 1.54) is 38.9 Å². The van der Waals surface area contributed by atoms with Gasteiger partial charge in [0, 0.05) is 31.6 Å². The van der Waals surface area contributed by atoms with Crippen LogP contribution in [0.25, 0.3) is 0 Å². The van der Waals surface area contributed by atoms with Crippen molar-refractivity contribution < 1.29 is 17.9 Å². The Balaban J connectivity index is 1.79. The van der Waals surface area contributed by atoms with E-state index in [1.54, 1.807) is 6.07 Å². The van der Waals surface area contributed by atoms with Crippen molar-refractivity contribution in [2.75, 3.05) is 21.2 Å². The van der Waals surface area contributed by atoms with Crippen LogP contribution in [0.4, 0.5) is 0 Å². The number of carbonyl (C=O) groups excluding carboxylic acids is 1. The quantitative estimate of drug-likeness (QED) is 0.841. The molecule has 138 valence electrons. The number of carbonyl (C=O) groups is 1. The molecule has 0 bridgehead atoms. The van der Waals surface area contributed by atoms with Crippen molar-refractivity contribution in [2.45, 2.75) is 23.3 Å². The Morgan fingerprint density at radius 2 is 1.85 bits per heavy atom. The van der Waals surface area contributed by atoms with Crippen LogP contribution in [0, 0.1) is 0 Å². The Kier molecular flexibility index (Phi) is 5.02. The summed E-state index contributed by atoms with van der Waals surface area (Å²) >= 11 is 0. The highest BCUT2D eigenvalue weighted by Crippen LogP contribution is 2.40. The van der Waals surface area contributed by atoms with Crippen molar-refractivity contribution in [1.82, 2.24) is 9.62 Å². The van der Waals surface area contributed by atoms with Gasteiger partial charge < -0.3 is 10.1 Å². The average molecular weight is 374 g/mol. The SMILES string of the molecule is COc1ccc(C(=O)N[C@@H]2C[C@H]2c2ccccc2)cc1S(=O)(=O)N(C)C. The summed E-state index contributed by atoms with van der Waals surface area (Å²) in [6, 6.07) is 14.5. The molecule has 1 aliphatic rings. The predicted molar refractivity (Wildman–Crippen MR) is 98.9 cm³/mol. The number of nitrogens with zero attached hydrogens (tertiary/aromatic N) is 1. The van der Waals surface area contributed by atoms with Gasteiger partial charge in [-0.15, -0.1) is 0 Å². The molecule has 6 nitrogen and oxygen atoms in total. The number of amides is 1. The van der Waals surface area contributed by atoms with E-state index in [0.29, 0.717) is 11.5 Å². The monoisotopic (exact) mass is 374 g/mol. The summed E-state index contributed by atoms with van der Waals surface area (Å²) in [6.45, 7) is 0. The Labute approximate surface area is 153 Å². The third kappa shape index (κ3) is 3.59. The Morgan fingerprint density at radius 3 is 2.46 bits per heavy atom. The van der Waals surface area contributed by atoms with Crippen molar-refractivity contribution in [1.29, 1.82) is 0 Å². The van der Waals surface area contributed by atoms with Gasteiger partial charge in [0.1, 0.15) is 10.6 Å². The van der Waals surface area contributed by atoms with Gasteiger partial charge in [0.15, 0.2) is 0 Å². The zero-order chi connectivity index (χ0) is 18.9. The minimum Gasteiger partial charge on any atom is -0.495 e. The summed E-state index contributed by atoms with van der Waals surface area (Å²) in [5.74, 6) is 0.235. The summed E-state index contributed by atoms with van der Waals surface area (Å²) < 4.78 is 31.2. The van der Waals surface area contributed by atoms with Crippen molar-refractivity contribution in [2.24, 2.45) is 0 Å². The van der Waals surface area contributed by atoms with Crippen LogP contribution in [0.3, 0.4) is 0 Å². The van der Waals surface area contributed by atoms with Gasteiger partial charge >= 0.3 is 0 Å². The van der Waals surface area contributed by atoms with Crippen molar-refractivity contribution in [3.8, 4) is 5.75 Å². The number of hydrogen-bond acceptors (Lipinski definition) is 4.